The maximum Gasteiger partial charge on any atom is 0.573 e. The number of carbonyl (C=O) groups excluding carboxylic acids is 1. The molecular formula is C24H21F3N6O2. The van der Waals surface area contributed by atoms with Crippen LogP contribution >= 0.6 is 0 Å². The number of hydrogen-bond acceptors (Lipinski definition) is 5. The maximum absolute atomic E-state index is 13.3. The lowest BCUT2D eigenvalue weighted by Gasteiger charge is -2.22. The monoisotopic (exact) mass is 482 g/mol. The summed E-state index contributed by atoms with van der Waals surface area (Å²) in [4.78, 5) is 19.4. The van der Waals surface area contributed by atoms with Crippen molar-refractivity contribution in [2.75, 3.05) is 28.6 Å². The molecule has 8 nitrogen and oxygen atoms in total. The average molecular weight is 482 g/mol. The summed E-state index contributed by atoms with van der Waals surface area (Å²) in [6.07, 6.45) is -2.38. The van der Waals surface area contributed by atoms with Crippen LogP contribution in [0.2, 0.25) is 0 Å². The minimum absolute atomic E-state index is 0.342. The van der Waals surface area contributed by atoms with E-state index >= 15 is 0 Å². The Morgan fingerprint density at radius 3 is 2.83 bits per heavy atom. The van der Waals surface area contributed by atoms with Gasteiger partial charge < -0.3 is 15.4 Å². The number of amides is 2. The normalized spacial score (nSPS) is 13.7. The molecule has 35 heavy (non-hydrogen) atoms. The molecule has 5 rings (SSSR count). The summed E-state index contributed by atoms with van der Waals surface area (Å²) in [6.45, 7) is 1.06. The lowest BCUT2D eigenvalue weighted by Crippen LogP contribution is -2.36. The van der Waals surface area contributed by atoms with Gasteiger partial charge in [-0.15, -0.1) is 13.2 Å². The van der Waals surface area contributed by atoms with Crippen LogP contribution in [-0.2, 0) is 7.05 Å². The third kappa shape index (κ3) is 4.84. The van der Waals surface area contributed by atoms with Crippen molar-refractivity contribution in [2.45, 2.75) is 12.8 Å². The van der Waals surface area contributed by atoms with Gasteiger partial charge in [-0.05, 0) is 48.9 Å². The Labute approximate surface area is 198 Å². The summed E-state index contributed by atoms with van der Waals surface area (Å²) < 4.78 is 43.7. The highest BCUT2D eigenvalue weighted by Crippen LogP contribution is 2.33. The van der Waals surface area contributed by atoms with Crippen LogP contribution in [0.25, 0.3) is 22.2 Å². The topological polar surface area (TPSA) is 84.3 Å². The number of urea groups is 1. The predicted octanol–water partition coefficient (Wildman–Crippen LogP) is 5.39. The molecule has 1 aliphatic rings. The second-order valence-corrected chi connectivity index (χ2v) is 8.05. The molecule has 2 aromatic heterocycles. The molecule has 0 unspecified atom stereocenters. The van der Waals surface area contributed by atoms with Crippen molar-refractivity contribution in [3.8, 4) is 17.0 Å². The largest absolute Gasteiger partial charge is 0.573 e. The molecule has 0 fully saturated rings. The van der Waals surface area contributed by atoms with Crippen LogP contribution in [0.15, 0.2) is 60.8 Å². The molecule has 0 saturated carbocycles. The second-order valence-electron chi connectivity index (χ2n) is 8.05. The van der Waals surface area contributed by atoms with Crippen molar-refractivity contribution in [3.63, 3.8) is 0 Å². The maximum atomic E-state index is 13.3. The number of benzene rings is 2. The van der Waals surface area contributed by atoms with E-state index in [1.807, 2.05) is 19.2 Å². The van der Waals surface area contributed by atoms with Gasteiger partial charge >= 0.3 is 12.4 Å². The first-order chi connectivity index (χ1) is 16.8. The molecule has 3 heterocycles. The number of pyridine rings is 1. The minimum Gasteiger partial charge on any atom is -0.406 e. The van der Waals surface area contributed by atoms with Crippen LogP contribution in [0.5, 0.6) is 5.75 Å². The van der Waals surface area contributed by atoms with Crippen LogP contribution < -0.4 is 20.3 Å². The zero-order valence-corrected chi connectivity index (χ0v) is 18.6. The number of halogens is 3. The molecule has 2 N–H and O–H groups in total. The fourth-order valence-corrected chi connectivity index (χ4v) is 4.00. The molecule has 0 spiro atoms. The summed E-state index contributed by atoms with van der Waals surface area (Å²) in [5.74, 6) is 0.0485. The molecular weight excluding hydrogens is 461 g/mol. The number of fused-ring (bicyclic) bond motifs is 2. The highest BCUT2D eigenvalue weighted by molar-refractivity contribution is 6.04. The van der Waals surface area contributed by atoms with E-state index in [1.165, 1.54) is 23.1 Å². The fourth-order valence-electron chi connectivity index (χ4n) is 4.00. The molecule has 2 aromatic carbocycles. The number of carbonyl (C=O) groups is 1. The van der Waals surface area contributed by atoms with Crippen molar-refractivity contribution in [2.24, 2.45) is 7.05 Å². The van der Waals surface area contributed by atoms with Crippen LogP contribution in [0, 0.1) is 0 Å². The molecule has 0 saturated heterocycles. The number of alkyl halides is 3. The third-order valence-electron chi connectivity index (χ3n) is 5.61. The van der Waals surface area contributed by atoms with Crippen molar-refractivity contribution in [1.82, 2.24) is 14.8 Å². The van der Waals surface area contributed by atoms with E-state index in [-0.39, 0.29) is 11.8 Å². The van der Waals surface area contributed by atoms with Gasteiger partial charge in [-0.1, -0.05) is 12.1 Å². The van der Waals surface area contributed by atoms with E-state index in [0.717, 1.165) is 10.9 Å². The molecule has 0 radical (unpaired) electrons. The first kappa shape index (κ1) is 22.5. The van der Waals surface area contributed by atoms with Crippen LogP contribution in [0.1, 0.15) is 6.42 Å². The number of rotatable bonds is 3. The highest BCUT2D eigenvalue weighted by Gasteiger charge is 2.31. The molecule has 2 amide bonds. The number of aryl methyl sites for hydroxylation is 1. The highest BCUT2D eigenvalue weighted by atomic mass is 19.4. The van der Waals surface area contributed by atoms with Gasteiger partial charge in [0.2, 0.25) is 0 Å². The van der Waals surface area contributed by atoms with Crippen molar-refractivity contribution in [3.05, 3.63) is 60.8 Å². The van der Waals surface area contributed by atoms with Gasteiger partial charge in [0.05, 0.1) is 23.1 Å². The Balaban J connectivity index is 1.44. The Kier molecular flexibility index (Phi) is 5.67. The van der Waals surface area contributed by atoms with E-state index in [9.17, 15) is 18.0 Å². The van der Waals surface area contributed by atoms with E-state index < -0.39 is 6.36 Å². The van der Waals surface area contributed by atoms with Crippen LogP contribution in [0.3, 0.4) is 0 Å². The van der Waals surface area contributed by atoms with Gasteiger partial charge in [0, 0.05) is 36.8 Å². The lowest BCUT2D eigenvalue weighted by molar-refractivity contribution is -0.274. The van der Waals surface area contributed by atoms with E-state index in [0.29, 0.717) is 48.0 Å². The van der Waals surface area contributed by atoms with Gasteiger partial charge in [0.25, 0.3) is 0 Å². The number of nitrogens with zero attached hydrogens (tertiary/aromatic N) is 4. The quantitative estimate of drug-likeness (QED) is 0.409. The Morgan fingerprint density at radius 2 is 2.00 bits per heavy atom. The molecule has 4 aromatic rings. The molecule has 0 atom stereocenters. The molecule has 180 valence electrons. The van der Waals surface area contributed by atoms with Gasteiger partial charge in [-0.25, -0.2) is 9.78 Å². The van der Waals surface area contributed by atoms with Crippen LogP contribution in [-0.4, -0.2) is 40.2 Å². The lowest BCUT2D eigenvalue weighted by atomic mass is 10.1. The summed E-state index contributed by atoms with van der Waals surface area (Å²) in [6, 6.07) is 14.2. The molecule has 0 bridgehead atoms. The average Bonchev–Trinajstić information content (AvgIpc) is 3.05. The van der Waals surface area contributed by atoms with Gasteiger partial charge in [0.15, 0.2) is 5.82 Å². The zero-order valence-electron chi connectivity index (χ0n) is 18.6. The van der Waals surface area contributed by atoms with Crippen LogP contribution in [0.4, 0.5) is 35.2 Å². The summed E-state index contributed by atoms with van der Waals surface area (Å²) in [7, 11) is 1.84. The molecule has 0 aliphatic carbocycles. The van der Waals surface area contributed by atoms with Gasteiger partial charge in [-0.2, -0.15) is 5.10 Å². The first-order valence-electron chi connectivity index (χ1n) is 10.9. The number of aromatic nitrogens is 3. The molecule has 11 heteroatoms. The number of nitrogens with one attached hydrogen (secondary N) is 2. The number of anilines is 3. The van der Waals surface area contributed by atoms with E-state index in [1.54, 1.807) is 35.1 Å². The Morgan fingerprint density at radius 1 is 1.14 bits per heavy atom. The zero-order chi connectivity index (χ0) is 24.6. The third-order valence-corrected chi connectivity index (χ3v) is 5.61. The first-order valence-corrected chi connectivity index (χ1v) is 10.9. The van der Waals surface area contributed by atoms with Crippen molar-refractivity contribution in [1.29, 1.82) is 0 Å². The van der Waals surface area contributed by atoms with Crippen molar-refractivity contribution < 1.29 is 22.7 Å². The second kappa shape index (κ2) is 8.82. The van der Waals surface area contributed by atoms with E-state index in [2.05, 4.69) is 25.5 Å². The van der Waals surface area contributed by atoms with E-state index in [4.69, 9.17) is 0 Å². The Bertz CT molecular complexity index is 1400. The number of ether oxygens (including phenoxy) is 1. The standard InChI is InChI=1S/C24H21F3N6O2/c1-32-21-9-6-17(12-16(21)14-29-32)30-23(34)33-11-3-10-28-20-8-7-19(31-22(20)33)15-4-2-5-18(13-15)35-24(25,26)27/h2,4-9,12-14,28H,3,10-11H2,1H3,(H,30,34). The van der Waals surface area contributed by atoms with Gasteiger partial charge in [0.1, 0.15) is 5.75 Å². The fraction of sp³-hybridized carbons (Fsp3) is 0.208. The minimum atomic E-state index is -4.79. The summed E-state index contributed by atoms with van der Waals surface area (Å²) >= 11 is 0. The molecule has 1 aliphatic heterocycles. The number of hydrogen-bond donors (Lipinski definition) is 2. The summed E-state index contributed by atoms with van der Waals surface area (Å²) in [5, 5.41) is 11.3. The van der Waals surface area contributed by atoms with Crippen molar-refractivity contribution >= 4 is 34.1 Å². The van der Waals surface area contributed by atoms with Gasteiger partial charge in [-0.3, -0.25) is 9.58 Å². The smallest absolute Gasteiger partial charge is 0.406 e. The SMILES string of the molecule is Cn1ncc2cc(NC(=O)N3CCCNc4ccc(-c5cccc(OC(F)(F)F)c5)nc43)ccc21. The predicted molar refractivity (Wildman–Crippen MR) is 127 cm³/mol. The summed E-state index contributed by atoms with van der Waals surface area (Å²) in [5.41, 5.74) is 3.06. The Hall–Kier alpha value is -4.28.